The van der Waals surface area contributed by atoms with Gasteiger partial charge in [-0.2, -0.15) is 0 Å². The van der Waals surface area contributed by atoms with Crippen molar-refractivity contribution in [1.82, 2.24) is 9.80 Å². The first kappa shape index (κ1) is 14.9. The van der Waals surface area contributed by atoms with Gasteiger partial charge in [-0.15, -0.1) is 0 Å². The van der Waals surface area contributed by atoms with Crippen molar-refractivity contribution in [2.75, 3.05) is 19.6 Å². The van der Waals surface area contributed by atoms with E-state index in [1.807, 2.05) is 9.80 Å². The van der Waals surface area contributed by atoms with Crippen LogP contribution in [0, 0.1) is 5.92 Å². The largest absolute Gasteiger partial charge is 0.340 e. The Balaban J connectivity index is 1.59. The van der Waals surface area contributed by atoms with E-state index in [1.165, 1.54) is 32.1 Å². The molecule has 2 aliphatic heterocycles. The highest BCUT2D eigenvalue weighted by atomic mass is 16.2. The fraction of sp³-hybridized carbons (Fsp3) is 0.882. The molecule has 1 saturated carbocycles. The Hall–Kier alpha value is -1.06. The number of hydrogen-bond donors (Lipinski definition) is 0. The van der Waals surface area contributed by atoms with Crippen LogP contribution >= 0.6 is 0 Å². The van der Waals surface area contributed by atoms with Crippen molar-refractivity contribution < 1.29 is 9.59 Å². The number of piperidine rings is 1. The molecule has 3 fully saturated rings. The molecule has 4 nitrogen and oxygen atoms in total. The quantitative estimate of drug-likeness (QED) is 0.802. The second-order valence-electron chi connectivity index (χ2n) is 6.97. The van der Waals surface area contributed by atoms with E-state index >= 15 is 0 Å². The van der Waals surface area contributed by atoms with Crippen molar-refractivity contribution in [2.45, 2.75) is 70.3 Å². The van der Waals surface area contributed by atoms with Crippen LogP contribution in [-0.2, 0) is 9.59 Å². The maximum absolute atomic E-state index is 12.7. The van der Waals surface area contributed by atoms with Gasteiger partial charge in [-0.3, -0.25) is 9.59 Å². The van der Waals surface area contributed by atoms with E-state index in [1.54, 1.807) is 0 Å². The number of hydrogen-bond acceptors (Lipinski definition) is 2. The van der Waals surface area contributed by atoms with Gasteiger partial charge in [0.25, 0.3) is 0 Å². The first-order valence-electron chi connectivity index (χ1n) is 8.84. The van der Waals surface area contributed by atoms with Crippen molar-refractivity contribution in [3.63, 3.8) is 0 Å². The van der Waals surface area contributed by atoms with Crippen LogP contribution in [0.1, 0.15) is 64.2 Å². The number of carbonyl (C=O) groups is 2. The van der Waals surface area contributed by atoms with Gasteiger partial charge in [0.2, 0.25) is 11.8 Å². The van der Waals surface area contributed by atoms with Crippen LogP contribution in [0.2, 0.25) is 0 Å². The van der Waals surface area contributed by atoms with Gasteiger partial charge in [0, 0.05) is 26.1 Å². The molecule has 0 aromatic rings. The van der Waals surface area contributed by atoms with Crippen LogP contribution in [0.4, 0.5) is 0 Å². The van der Waals surface area contributed by atoms with Gasteiger partial charge < -0.3 is 9.80 Å². The van der Waals surface area contributed by atoms with E-state index in [-0.39, 0.29) is 17.9 Å². The summed E-state index contributed by atoms with van der Waals surface area (Å²) in [4.78, 5) is 28.8. The molecular formula is C17H28N2O2. The molecule has 0 aromatic carbocycles. The van der Waals surface area contributed by atoms with Crippen LogP contribution in [0.15, 0.2) is 0 Å². The Morgan fingerprint density at radius 3 is 2.48 bits per heavy atom. The molecule has 1 aliphatic carbocycles. The first-order chi connectivity index (χ1) is 10.3. The lowest BCUT2D eigenvalue weighted by atomic mass is 9.87. The minimum absolute atomic E-state index is 0.153. The molecule has 3 aliphatic rings. The number of fused-ring (bicyclic) bond motifs is 1. The van der Waals surface area contributed by atoms with Gasteiger partial charge in [0.15, 0.2) is 0 Å². The lowest BCUT2D eigenvalue weighted by molar-refractivity contribution is -0.143. The molecule has 4 heteroatoms. The molecule has 21 heavy (non-hydrogen) atoms. The summed E-state index contributed by atoms with van der Waals surface area (Å²) in [5.41, 5.74) is 0. The lowest BCUT2D eigenvalue weighted by Gasteiger charge is -2.34. The Morgan fingerprint density at radius 2 is 1.67 bits per heavy atom. The molecule has 0 spiro atoms. The van der Waals surface area contributed by atoms with Gasteiger partial charge in [-0.05, 0) is 31.6 Å². The van der Waals surface area contributed by atoms with Crippen LogP contribution in [0.5, 0.6) is 0 Å². The van der Waals surface area contributed by atoms with Crippen LogP contribution in [-0.4, -0.2) is 47.3 Å². The fourth-order valence-electron chi connectivity index (χ4n) is 4.22. The van der Waals surface area contributed by atoms with E-state index in [2.05, 4.69) is 0 Å². The molecule has 2 saturated heterocycles. The summed E-state index contributed by atoms with van der Waals surface area (Å²) in [6.07, 6.45) is 11.4. The molecule has 3 rings (SSSR count). The molecule has 118 valence electrons. The molecule has 2 amide bonds. The molecule has 0 aromatic heterocycles. The molecule has 0 bridgehead atoms. The van der Waals surface area contributed by atoms with Crippen molar-refractivity contribution in [3.8, 4) is 0 Å². The van der Waals surface area contributed by atoms with E-state index in [0.29, 0.717) is 13.0 Å². The number of nitrogens with zero attached hydrogens (tertiary/aromatic N) is 2. The highest BCUT2D eigenvalue weighted by Crippen LogP contribution is 2.28. The van der Waals surface area contributed by atoms with Crippen LogP contribution in [0.3, 0.4) is 0 Å². The zero-order chi connectivity index (χ0) is 14.7. The summed E-state index contributed by atoms with van der Waals surface area (Å²) in [6, 6.07) is -0.153. The maximum Gasteiger partial charge on any atom is 0.245 e. The third kappa shape index (κ3) is 3.41. The molecule has 0 radical (unpaired) electrons. The van der Waals surface area contributed by atoms with Gasteiger partial charge in [0.1, 0.15) is 6.04 Å². The molecule has 1 unspecified atom stereocenters. The van der Waals surface area contributed by atoms with E-state index < -0.39 is 0 Å². The number of carbonyl (C=O) groups excluding carboxylic acids is 2. The minimum atomic E-state index is -0.153. The number of rotatable bonds is 3. The third-order valence-corrected chi connectivity index (χ3v) is 5.55. The van der Waals surface area contributed by atoms with Crippen molar-refractivity contribution >= 4 is 11.8 Å². The summed E-state index contributed by atoms with van der Waals surface area (Å²) in [5, 5.41) is 0. The first-order valence-corrected chi connectivity index (χ1v) is 8.84. The van der Waals surface area contributed by atoms with Crippen molar-refractivity contribution in [2.24, 2.45) is 5.92 Å². The highest BCUT2D eigenvalue weighted by Gasteiger charge is 2.37. The Labute approximate surface area is 127 Å². The monoisotopic (exact) mass is 292 g/mol. The summed E-state index contributed by atoms with van der Waals surface area (Å²) in [5.74, 6) is 1.21. The summed E-state index contributed by atoms with van der Waals surface area (Å²) in [7, 11) is 0. The smallest absolute Gasteiger partial charge is 0.245 e. The van der Waals surface area contributed by atoms with E-state index in [4.69, 9.17) is 0 Å². The predicted octanol–water partition coefficient (Wildman–Crippen LogP) is 2.57. The summed E-state index contributed by atoms with van der Waals surface area (Å²) < 4.78 is 0. The second kappa shape index (κ2) is 6.80. The average molecular weight is 292 g/mol. The second-order valence-corrected chi connectivity index (χ2v) is 6.97. The predicted molar refractivity (Wildman–Crippen MR) is 81.7 cm³/mol. The van der Waals surface area contributed by atoms with Crippen LogP contribution < -0.4 is 0 Å². The van der Waals surface area contributed by atoms with Crippen LogP contribution in [0.25, 0.3) is 0 Å². The fourth-order valence-corrected chi connectivity index (χ4v) is 4.22. The number of amides is 2. The summed E-state index contributed by atoms with van der Waals surface area (Å²) in [6.45, 7) is 2.28. The normalized spacial score (nSPS) is 28.5. The van der Waals surface area contributed by atoms with E-state index in [0.717, 1.165) is 44.7 Å². The van der Waals surface area contributed by atoms with Crippen molar-refractivity contribution in [1.29, 1.82) is 0 Å². The molecular weight excluding hydrogens is 264 g/mol. The van der Waals surface area contributed by atoms with Crippen molar-refractivity contribution in [3.05, 3.63) is 0 Å². The average Bonchev–Trinajstić information content (AvgIpc) is 2.66. The standard InChI is InChI=1S/C17H28N2O2/c20-16-10-13-18(12-9-14-6-2-1-3-7-14)17(21)15-8-4-5-11-19(15)16/h14-15H,1-13H2. The van der Waals surface area contributed by atoms with Gasteiger partial charge in [-0.25, -0.2) is 0 Å². The SMILES string of the molecule is O=C1C2CCCCN2C(=O)CCN1CCC1CCCCC1. The zero-order valence-electron chi connectivity index (χ0n) is 13.1. The lowest BCUT2D eigenvalue weighted by Crippen LogP contribution is -2.50. The molecule has 0 N–H and O–H groups in total. The highest BCUT2D eigenvalue weighted by molar-refractivity contribution is 5.90. The van der Waals surface area contributed by atoms with E-state index in [9.17, 15) is 9.59 Å². The van der Waals surface area contributed by atoms with Gasteiger partial charge >= 0.3 is 0 Å². The Bertz CT molecular complexity index is 390. The minimum Gasteiger partial charge on any atom is -0.340 e. The summed E-state index contributed by atoms with van der Waals surface area (Å²) >= 11 is 0. The third-order valence-electron chi connectivity index (χ3n) is 5.55. The molecule has 1 atom stereocenters. The molecule has 2 heterocycles. The zero-order valence-corrected chi connectivity index (χ0v) is 13.1. The maximum atomic E-state index is 12.7. The Kier molecular flexibility index (Phi) is 4.81. The Morgan fingerprint density at radius 1 is 0.905 bits per heavy atom. The van der Waals surface area contributed by atoms with Gasteiger partial charge in [-0.1, -0.05) is 32.1 Å². The van der Waals surface area contributed by atoms with Gasteiger partial charge in [0.05, 0.1) is 0 Å². The topological polar surface area (TPSA) is 40.6 Å².